The highest BCUT2D eigenvalue weighted by atomic mass is 16.5. The van der Waals surface area contributed by atoms with Crippen LogP contribution >= 0.6 is 0 Å². The second kappa shape index (κ2) is 9.04. The number of aromatic nitrogens is 1. The van der Waals surface area contributed by atoms with Gasteiger partial charge in [-0.3, -0.25) is 20.4 Å². The number of para-hydroxylation sites is 2. The van der Waals surface area contributed by atoms with Crippen molar-refractivity contribution in [3.8, 4) is 17.2 Å². The Labute approximate surface area is 179 Å². The third kappa shape index (κ3) is 4.84. The second-order valence-corrected chi connectivity index (χ2v) is 6.85. The lowest BCUT2D eigenvalue weighted by Gasteiger charge is -2.09. The summed E-state index contributed by atoms with van der Waals surface area (Å²) in [6.07, 6.45) is 1.72. The van der Waals surface area contributed by atoms with Crippen LogP contribution in [0.5, 0.6) is 17.2 Å². The number of carbonyl (C=O) groups is 2. The maximum absolute atomic E-state index is 12.4. The molecule has 0 spiro atoms. The summed E-state index contributed by atoms with van der Waals surface area (Å²) in [5.41, 5.74) is 6.21. The van der Waals surface area contributed by atoms with Crippen LogP contribution in [0.1, 0.15) is 10.4 Å². The van der Waals surface area contributed by atoms with Gasteiger partial charge in [-0.1, -0.05) is 36.4 Å². The number of nitrogens with one attached hydrogen (secondary N) is 2. The first-order valence-electron chi connectivity index (χ1n) is 9.69. The lowest BCUT2D eigenvalue weighted by molar-refractivity contribution is -0.123. The molecule has 4 aromatic rings. The Bertz CT molecular complexity index is 1200. The molecule has 0 aliphatic heterocycles. The van der Waals surface area contributed by atoms with Crippen molar-refractivity contribution in [1.82, 2.24) is 15.4 Å². The minimum atomic E-state index is -0.474. The molecule has 0 saturated heterocycles. The first-order chi connectivity index (χ1) is 15.1. The Morgan fingerprint density at radius 1 is 0.806 bits per heavy atom. The minimum absolute atomic E-state index is 0.241. The van der Waals surface area contributed by atoms with Gasteiger partial charge in [0.15, 0.2) is 6.61 Å². The predicted octanol–water partition coefficient (Wildman–Crippen LogP) is 3.81. The SMILES string of the molecule is Cn1cc(C(=O)NNC(=O)COc2ccc(Oc3ccccc3)cc2)c2ccccc21. The van der Waals surface area contributed by atoms with Gasteiger partial charge in [-0.2, -0.15) is 0 Å². The van der Waals surface area contributed by atoms with E-state index >= 15 is 0 Å². The number of carbonyl (C=O) groups excluding carboxylic acids is 2. The van der Waals surface area contributed by atoms with Gasteiger partial charge in [-0.15, -0.1) is 0 Å². The molecule has 3 aromatic carbocycles. The zero-order valence-electron chi connectivity index (χ0n) is 16.9. The van der Waals surface area contributed by atoms with Crippen molar-refractivity contribution in [2.45, 2.75) is 0 Å². The van der Waals surface area contributed by atoms with Crippen molar-refractivity contribution < 1.29 is 19.1 Å². The lowest BCUT2D eigenvalue weighted by Crippen LogP contribution is -2.43. The van der Waals surface area contributed by atoms with Crippen LogP contribution in [0.2, 0.25) is 0 Å². The molecule has 0 bridgehead atoms. The molecule has 2 N–H and O–H groups in total. The van der Waals surface area contributed by atoms with Gasteiger partial charge in [0.25, 0.3) is 11.8 Å². The van der Waals surface area contributed by atoms with Crippen LogP contribution in [0.4, 0.5) is 0 Å². The summed E-state index contributed by atoms with van der Waals surface area (Å²) in [5, 5.41) is 0.811. The normalized spacial score (nSPS) is 10.5. The zero-order valence-corrected chi connectivity index (χ0v) is 16.9. The topological polar surface area (TPSA) is 81.6 Å². The van der Waals surface area contributed by atoms with Gasteiger partial charge in [0.1, 0.15) is 17.2 Å². The molecule has 2 amide bonds. The van der Waals surface area contributed by atoms with Crippen LogP contribution < -0.4 is 20.3 Å². The van der Waals surface area contributed by atoms with E-state index in [1.54, 1.807) is 30.5 Å². The summed E-state index contributed by atoms with van der Waals surface area (Å²) < 4.78 is 13.0. The smallest absolute Gasteiger partial charge is 0.276 e. The number of benzene rings is 3. The lowest BCUT2D eigenvalue weighted by atomic mass is 10.2. The standard InChI is InChI=1S/C24H21N3O4/c1-27-15-21(20-9-5-6-10-22(20)27)24(29)26-25-23(28)16-30-17-11-13-19(14-12-17)31-18-7-3-2-4-8-18/h2-15H,16H2,1H3,(H,25,28)(H,26,29). The van der Waals surface area contributed by atoms with Crippen LogP contribution in [0.15, 0.2) is 85.1 Å². The van der Waals surface area contributed by atoms with Gasteiger partial charge in [-0.05, 0) is 42.5 Å². The molecule has 4 rings (SSSR count). The largest absolute Gasteiger partial charge is 0.484 e. The average Bonchev–Trinajstić information content (AvgIpc) is 3.14. The minimum Gasteiger partial charge on any atom is -0.484 e. The van der Waals surface area contributed by atoms with Crippen molar-refractivity contribution in [3.05, 3.63) is 90.6 Å². The Kier molecular flexibility index (Phi) is 5.84. The summed E-state index contributed by atoms with van der Waals surface area (Å²) in [6.45, 7) is -0.241. The first kappa shape index (κ1) is 20.0. The van der Waals surface area contributed by atoms with E-state index in [-0.39, 0.29) is 6.61 Å². The van der Waals surface area contributed by atoms with Crippen LogP contribution in [-0.4, -0.2) is 23.0 Å². The predicted molar refractivity (Wildman–Crippen MR) is 117 cm³/mol. The fourth-order valence-corrected chi connectivity index (χ4v) is 3.13. The number of ether oxygens (including phenoxy) is 2. The zero-order chi connectivity index (χ0) is 21.6. The Hall–Kier alpha value is -4.26. The van der Waals surface area contributed by atoms with E-state index in [4.69, 9.17) is 9.47 Å². The monoisotopic (exact) mass is 415 g/mol. The summed E-state index contributed by atoms with van der Waals surface area (Å²) in [4.78, 5) is 24.5. The van der Waals surface area contributed by atoms with E-state index in [1.807, 2.05) is 66.2 Å². The number of rotatable bonds is 6. The molecule has 156 valence electrons. The van der Waals surface area contributed by atoms with Gasteiger partial charge in [0, 0.05) is 24.1 Å². The van der Waals surface area contributed by atoms with E-state index in [0.29, 0.717) is 17.1 Å². The van der Waals surface area contributed by atoms with E-state index in [0.717, 1.165) is 16.7 Å². The van der Waals surface area contributed by atoms with Crippen LogP contribution in [0.3, 0.4) is 0 Å². The quantitative estimate of drug-likeness (QED) is 0.469. The maximum atomic E-state index is 12.4. The molecule has 7 heteroatoms. The number of hydrazine groups is 1. The van der Waals surface area contributed by atoms with Crippen molar-refractivity contribution >= 4 is 22.7 Å². The molecule has 0 unspecified atom stereocenters. The van der Waals surface area contributed by atoms with Crippen molar-refractivity contribution in [2.75, 3.05) is 6.61 Å². The molecular formula is C24H21N3O4. The van der Waals surface area contributed by atoms with Crippen LogP contribution in [-0.2, 0) is 11.8 Å². The second-order valence-electron chi connectivity index (χ2n) is 6.85. The fraction of sp³-hybridized carbons (Fsp3) is 0.0833. The highest BCUT2D eigenvalue weighted by Crippen LogP contribution is 2.23. The van der Waals surface area contributed by atoms with E-state index in [2.05, 4.69) is 10.9 Å². The Balaban J connectivity index is 1.27. The molecule has 0 atom stereocenters. The summed E-state index contributed by atoms with van der Waals surface area (Å²) in [7, 11) is 1.86. The van der Waals surface area contributed by atoms with Crippen molar-refractivity contribution in [3.63, 3.8) is 0 Å². The van der Waals surface area contributed by atoms with Crippen molar-refractivity contribution in [1.29, 1.82) is 0 Å². The molecular weight excluding hydrogens is 394 g/mol. The Morgan fingerprint density at radius 2 is 1.45 bits per heavy atom. The number of amides is 2. The summed E-state index contributed by atoms with van der Waals surface area (Å²) in [5.74, 6) is 1.03. The number of nitrogens with zero attached hydrogens (tertiary/aromatic N) is 1. The van der Waals surface area contributed by atoms with Crippen LogP contribution in [0.25, 0.3) is 10.9 Å². The molecule has 1 heterocycles. The first-order valence-corrected chi connectivity index (χ1v) is 9.69. The molecule has 31 heavy (non-hydrogen) atoms. The molecule has 0 radical (unpaired) electrons. The molecule has 0 aliphatic carbocycles. The molecule has 1 aromatic heterocycles. The van der Waals surface area contributed by atoms with Gasteiger partial charge >= 0.3 is 0 Å². The third-order valence-corrected chi connectivity index (χ3v) is 4.63. The summed E-state index contributed by atoms with van der Waals surface area (Å²) >= 11 is 0. The number of hydrogen-bond acceptors (Lipinski definition) is 4. The van der Waals surface area contributed by atoms with E-state index in [1.165, 1.54) is 0 Å². The average molecular weight is 415 g/mol. The summed E-state index contributed by atoms with van der Waals surface area (Å²) in [6, 6.07) is 23.9. The maximum Gasteiger partial charge on any atom is 0.276 e. The van der Waals surface area contributed by atoms with E-state index < -0.39 is 11.8 Å². The molecule has 0 aliphatic rings. The number of hydrogen-bond donors (Lipinski definition) is 2. The Morgan fingerprint density at radius 3 is 2.23 bits per heavy atom. The molecule has 0 saturated carbocycles. The highest BCUT2D eigenvalue weighted by Gasteiger charge is 2.14. The van der Waals surface area contributed by atoms with Gasteiger partial charge in [0.05, 0.1) is 5.56 Å². The van der Waals surface area contributed by atoms with Gasteiger partial charge < -0.3 is 14.0 Å². The van der Waals surface area contributed by atoms with Crippen LogP contribution in [0, 0.1) is 0 Å². The highest BCUT2D eigenvalue weighted by molar-refractivity contribution is 6.07. The van der Waals surface area contributed by atoms with E-state index in [9.17, 15) is 9.59 Å². The van der Waals surface area contributed by atoms with Gasteiger partial charge in [-0.25, -0.2) is 0 Å². The molecule has 0 fully saturated rings. The van der Waals surface area contributed by atoms with Gasteiger partial charge in [0.2, 0.25) is 0 Å². The van der Waals surface area contributed by atoms with Crippen molar-refractivity contribution in [2.24, 2.45) is 7.05 Å². The number of fused-ring (bicyclic) bond motifs is 1. The third-order valence-electron chi connectivity index (χ3n) is 4.63. The molecule has 7 nitrogen and oxygen atoms in total. The fourth-order valence-electron chi connectivity index (χ4n) is 3.13. The number of aryl methyl sites for hydroxylation is 1.